The zero-order chi connectivity index (χ0) is 27.8. The first kappa shape index (κ1) is 28.8. The van der Waals surface area contributed by atoms with Gasteiger partial charge in [-0.05, 0) is 67.7 Å². The molecule has 0 saturated heterocycles. The summed E-state index contributed by atoms with van der Waals surface area (Å²) >= 11 is 12.6. The summed E-state index contributed by atoms with van der Waals surface area (Å²) in [5.41, 5.74) is 2.12. The first-order valence-electron chi connectivity index (χ1n) is 11.7. The number of rotatable bonds is 8. The average Bonchev–Trinajstić information content (AvgIpc) is 2.89. The first-order valence-corrected chi connectivity index (χ1v) is 12.4. The van der Waals surface area contributed by atoms with Crippen LogP contribution in [0.5, 0.6) is 0 Å². The molecule has 198 valence electrons. The number of aryl methyl sites for hydroxylation is 1. The van der Waals surface area contributed by atoms with Crippen LogP contribution in [0.1, 0.15) is 42.1 Å². The maximum Gasteiger partial charge on any atom is 0.411 e. The van der Waals surface area contributed by atoms with Crippen molar-refractivity contribution in [1.82, 2.24) is 9.55 Å². The minimum Gasteiger partial charge on any atom is -0.453 e. The summed E-state index contributed by atoms with van der Waals surface area (Å²) in [6, 6.07) is 8.17. The highest BCUT2D eigenvalue weighted by Crippen LogP contribution is 2.27. The summed E-state index contributed by atoms with van der Waals surface area (Å²) in [5, 5.41) is 2.96. The van der Waals surface area contributed by atoms with E-state index in [-0.39, 0.29) is 27.9 Å². The van der Waals surface area contributed by atoms with E-state index >= 15 is 4.39 Å². The molecule has 2 heterocycles. The molecule has 1 aromatic carbocycles. The number of aromatic nitrogens is 2. The van der Waals surface area contributed by atoms with Crippen LogP contribution in [-0.4, -0.2) is 28.5 Å². The molecule has 10 heteroatoms. The van der Waals surface area contributed by atoms with E-state index in [0.29, 0.717) is 22.7 Å². The highest BCUT2D eigenvalue weighted by atomic mass is 35.5. The fourth-order valence-corrected chi connectivity index (χ4v) is 4.34. The Morgan fingerprint density at radius 3 is 2.74 bits per heavy atom. The molecule has 0 aliphatic carbocycles. The van der Waals surface area contributed by atoms with Crippen LogP contribution in [0.15, 0.2) is 70.9 Å². The second-order valence-electron chi connectivity index (χ2n) is 8.44. The topological polar surface area (TPSA) is 85.6 Å². The maximum absolute atomic E-state index is 15.2. The summed E-state index contributed by atoms with van der Waals surface area (Å²) in [7, 11) is 1.18. The number of hydrogen-bond donors (Lipinski definition) is 1. The molecule has 7 nitrogen and oxygen atoms in total. The van der Waals surface area contributed by atoms with Gasteiger partial charge in [0.15, 0.2) is 5.82 Å². The summed E-state index contributed by atoms with van der Waals surface area (Å²) in [5.74, 6) is -0.772. The van der Waals surface area contributed by atoms with E-state index in [2.05, 4.69) is 20.0 Å². The van der Waals surface area contributed by atoms with Gasteiger partial charge >= 0.3 is 6.09 Å². The number of aliphatic imine (C=N–C) groups is 1. The molecule has 0 aliphatic rings. The van der Waals surface area contributed by atoms with Crippen molar-refractivity contribution in [3.05, 3.63) is 110 Å². The quantitative estimate of drug-likeness (QED) is 0.302. The van der Waals surface area contributed by atoms with Crippen molar-refractivity contribution in [2.45, 2.75) is 33.1 Å². The molecule has 2 aromatic heterocycles. The molecule has 0 spiro atoms. The SMILES string of the molecule is C/C=C/N=C(/C=C/n1c(C)cc(C(C)Cc2cncc(Cl)c2)c(Cl)c1=O)c1cccc(NC(=O)OC)c1F. The van der Waals surface area contributed by atoms with Crippen molar-refractivity contribution in [3.63, 3.8) is 0 Å². The molecular weight excluding hydrogens is 530 g/mol. The minimum atomic E-state index is -0.804. The Morgan fingerprint density at radius 1 is 1.29 bits per heavy atom. The van der Waals surface area contributed by atoms with Crippen LogP contribution in [0.25, 0.3) is 6.20 Å². The van der Waals surface area contributed by atoms with Crippen LogP contribution in [0, 0.1) is 12.7 Å². The normalized spacial score (nSPS) is 12.8. The molecule has 1 atom stereocenters. The fraction of sp³-hybridized carbons (Fsp3) is 0.214. The van der Waals surface area contributed by atoms with Gasteiger partial charge < -0.3 is 4.74 Å². The smallest absolute Gasteiger partial charge is 0.411 e. The summed E-state index contributed by atoms with van der Waals surface area (Å²) in [6.07, 6.45) is 9.26. The third-order valence-corrected chi connectivity index (χ3v) is 6.27. The number of allylic oxidation sites excluding steroid dienone is 2. The summed E-state index contributed by atoms with van der Waals surface area (Å²) in [6.45, 7) is 5.52. The molecule has 3 rings (SSSR count). The van der Waals surface area contributed by atoms with E-state index in [4.69, 9.17) is 23.2 Å². The fourth-order valence-electron chi connectivity index (χ4n) is 3.81. The van der Waals surface area contributed by atoms with Crippen LogP contribution in [-0.2, 0) is 11.2 Å². The number of halogens is 3. The van der Waals surface area contributed by atoms with Gasteiger partial charge in [-0.3, -0.25) is 24.7 Å². The second-order valence-corrected chi connectivity index (χ2v) is 9.26. The predicted octanol–water partition coefficient (Wildman–Crippen LogP) is 7.02. The van der Waals surface area contributed by atoms with Crippen LogP contribution in [0.2, 0.25) is 10.0 Å². The van der Waals surface area contributed by atoms with E-state index in [1.165, 1.54) is 42.3 Å². The van der Waals surface area contributed by atoms with E-state index in [1.54, 1.807) is 38.4 Å². The van der Waals surface area contributed by atoms with Crippen LogP contribution in [0.4, 0.5) is 14.9 Å². The van der Waals surface area contributed by atoms with E-state index in [9.17, 15) is 9.59 Å². The third kappa shape index (κ3) is 6.96. The van der Waals surface area contributed by atoms with Crippen molar-refractivity contribution in [1.29, 1.82) is 0 Å². The van der Waals surface area contributed by atoms with Gasteiger partial charge in [-0.15, -0.1) is 0 Å². The lowest BCUT2D eigenvalue weighted by Gasteiger charge is -2.16. The lowest BCUT2D eigenvalue weighted by molar-refractivity contribution is 0.187. The number of amides is 1. The number of anilines is 1. The van der Waals surface area contributed by atoms with Crippen molar-refractivity contribution in [2.24, 2.45) is 4.99 Å². The Morgan fingerprint density at radius 2 is 2.05 bits per heavy atom. The van der Waals surface area contributed by atoms with Crippen LogP contribution >= 0.6 is 23.2 Å². The number of carbonyl (C=O) groups is 1. The van der Waals surface area contributed by atoms with Gasteiger partial charge in [0.1, 0.15) is 5.02 Å². The van der Waals surface area contributed by atoms with E-state index < -0.39 is 17.5 Å². The molecule has 3 aromatic rings. The summed E-state index contributed by atoms with van der Waals surface area (Å²) in [4.78, 5) is 33.2. The second kappa shape index (κ2) is 13.2. The molecule has 0 bridgehead atoms. The van der Waals surface area contributed by atoms with E-state index in [1.807, 2.05) is 19.1 Å². The Balaban J connectivity index is 1.97. The Labute approximate surface area is 230 Å². The van der Waals surface area contributed by atoms with Crippen molar-refractivity contribution >= 4 is 46.9 Å². The standard InChI is InChI=1S/C28H27Cl2FN4O3/c1-5-10-33-23(21-7-6-8-24(26(21)31)34-28(37)38-4)9-11-35-18(3)13-22(25(30)27(35)36)17(2)12-19-14-20(29)16-32-15-19/h5-11,13-17H,12H2,1-4H3,(H,34,37)/b10-5+,11-9+,33-23-. The molecule has 1 amide bonds. The van der Waals surface area contributed by atoms with Crippen LogP contribution in [0.3, 0.4) is 0 Å². The summed E-state index contributed by atoms with van der Waals surface area (Å²) < 4.78 is 21.2. The van der Waals surface area contributed by atoms with Gasteiger partial charge in [0.25, 0.3) is 5.56 Å². The van der Waals surface area contributed by atoms with Crippen molar-refractivity contribution in [2.75, 3.05) is 12.4 Å². The van der Waals surface area contributed by atoms with Crippen molar-refractivity contribution in [3.8, 4) is 0 Å². The Hall–Kier alpha value is -3.75. The lowest BCUT2D eigenvalue weighted by Crippen LogP contribution is -2.21. The van der Waals surface area contributed by atoms with Gasteiger partial charge in [0.2, 0.25) is 0 Å². The highest BCUT2D eigenvalue weighted by Gasteiger charge is 2.18. The number of carbonyl (C=O) groups excluding carboxylic acids is 1. The maximum atomic E-state index is 15.2. The average molecular weight is 557 g/mol. The molecule has 0 fully saturated rings. The van der Waals surface area contributed by atoms with Gasteiger partial charge in [-0.25, -0.2) is 9.18 Å². The van der Waals surface area contributed by atoms with Crippen LogP contribution < -0.4 is 10.9 Å². The zero-order valence-electron chi connectivity index (χ0n) is 21.3. The van der Waals surface area contributed by atoms with Gasteiger partial charge in [0.05, 0.1) is 23.5 Å². The molecule has 38 heavy (non-hydrogen) atoms. The highest BCUT2D eigenvalue weighted by molar-refractivity contribution is 6.31. The molecule has 1 N–H and O–H groups in total. The van der Waals surface area contributed by atoms with Crippen molar-refractivity contribution < 1.29 is 13.9 Å². The van der Waals surface area contributed by atoms with Gasteiger partial charge in [-0.2, -0.15) is 0 Å². The number of pyridine rings is 2. The Bertz CT molecular complexity index is 1480. The molecule has 0 aliphatic heterocycles. The number of nitrogens with one attached hydrogen (secondary N) is 1. The molecule has 0 radical (unpaired) electrons. The zero-order valence-corrected chi connectivity index (χ0v) is 22.8. The first-order chi connectivity index (χ1) is 18.2. The number of nitrogens with zero attached hydrogens (tertiary/aromatic N) is 3. The molecular formula is C28H27Cl2FN4O3. The lowest BCUT2D eigenvalue weighted by atomic mass is 9.94. The number of hydrogen-bond acceptors (Lipinski definition) is 5. The number of ether oxygens (including phenoxy) is 1. The largest absolute Gasteiger partial charge is 0.453 e. The van der Waals surface area contributed by atoms with Gasteiger partial charge in [0, 0.05) is 36.1 Å². The van der Waals surface area contributed by atoms with E-state index in [0.717, 1.165) is 5.56 Å². The predicted molar refractivity (Wildman–Crippen MR) is 151 cm³/mol. The van der Waals surface area contributed by atoms with Gasteiger partial charge in [-0.1, -0.05) is 42.3 Å². The minimum absolute atomic E-state index is 0.0689. The monoisotopic (exact) mass is 556 g/mol. The number of methoxy groups -OCH3 is 1. The number of benzene rings is 1. The third-order valence-electron chi connectivity index (χ3n) is 5.68. The Kier molecular flexibility index (Phi) is 9.98. The molecule has 1 unspecified atom stereocenters. The molecule has 0 saturated carbocycles.